The van der Waals surface area contributed by atoms with E-state index in [-0.39, 0.29) is 16.9 Å². The van der Waals surface area contributed by atoms with Gasteiger partial charge in [-0.1, -0.05) is 45.0 Å². The van der Waals surface area contributed by atoms with Gasteiger partial charge in [0.2, 0.25) is 0 Å². The topological polar surface area (TPSA) is 82.6 Å². The Labute approximate surface area is 202 Å². The minimum absolute atomic E-state index is 0.0271. The first kappa shape index (κ1) is 23.8. The second kappa shape index (κ2) is 8.80. The van der Waals surface area contributed by atoms with Crippen LogP contribution in [0.4, 0.5) is 4.79 Å². The summed E-state index contributed by atoms with van der Waals surface area (Å²) in [5.74, 6) is 0.773. The number of benzene rings is 2. The van der Waals surface area contributed by atoms with Crippen LogP contribution in [0.25, 0.3) is 32.1 Å². The molecule has 0 fully saturated rings. The van der Waals surface area contributed by atoms with Gasteiger partial charge in [-0.15, -0.1) is 11.3 Å². The molecule has 0 saturated carbocycles. The molecule has 0 aliphatic rings. The third-order valence-corrected chi connectivity index (χ3v) is 7.43. The van der Waals surface area contributed by atoms with Crippen LogP contribution < -0.4 is 10.3 Å². The highest BCUT2D eigenvalue weighted by Gasteiger charge is 2.29. The summed E-state index contributed by atoms with van der Waals surface area (Å²) >= 11 is 1.43. The number of carboxylic acid groups (broad SMARTS) is 1. The molecule has 0 radical (unpaired) electrons. The van der Waals surface area contributed by atoms with Gasteiger partial charge < -0.3 is 19.7 Å². The Morgan fingerprint density at radius 3 is 2.47 bits per heavy atom. The highest BCUT2D eigenvalue weighted by molar-refractivity contribution is 7.17. The lowest BCUT2D eigenvalue weighted by Crippen LogP contribution is -2.34. The van der Waals surface area contributed by atoms with E-state index < -0.39 is 6.09 Å². The quantitative estimate of drug-likeness (QED) is 0.345. The molecular formula is C27H30N2O4S. The van der Waals surface area contributed by atoms with Gasteiger partial charge in [-0.25, -0.2) is 4.79 Å². The molecule has 0 bridgehead atoms. The van der Waals surface area contributed by atoms with Gasteiger partial charge in [-0.2, -0.15) is 0 Å². The molecule has 2 N–H and O–H groups in total. The number of nitrogens with zero attached hydrogens (tertiary/aromatic N) is 1. The van der Waals surface area contributed by atoms with E-state index >= 15 is 0 Å². The number of methoxy groups -OCH3 is 1. The monoisotopic (exact) mass is 478 g/mol. The minimum atomic E-state index is -0.935. The molecule has 0 saturated heterocycles. The number of thiophene rings is 1. The lowest BCUT2D eigenvalue weighted by Gasteiger charge is -2.33. The van der Waals surface area contributed by atoms with Crippen molar-refractivity contribution in [3.05, 3.63) is 63.3 Å². The number of aromatic nitrogens is 1. The number of hydrogen-bond donors (Lipinski definition) is 2. The van der Waals surface area contributed by atoms with Gasteiger partial charge >= 0.3 is 6.09 Å². The molecule has 0 aliphatic carbocycles. The maximum atomic E-state index is 12.6. The predicted octanol–water partition coefficient (Wildman–Crippen LogP) is 6.47. The van der Waals surface area contributed by atoms with Crippen molar-refractivity contribution >= 4 is 38.4 Å². The number of amides is 1. The fourth-order valence-corrected chi connectivity index (χ4v) is 5.43. The summed E-state index contributed by atoms with van der Waals surface area (Å²) in [6.07, 6.45) is -0.935. The molecular weight excluding hydrogens is 448 g/mol. The van der Waals surface area contributed by atoms with Crippen LogP contribution in [0.15, 0.2) is 46.6 Å². The zero-order valence-corrected chi connectivity index (χ0v) is 21.2. The molecule has 7 heteroatoms. The average molecular weight is 479 g/mol. The normalized spacial score (nSPS) is 12.8. The number of likely N-dealkylation sites (N-methyl/N-ethyl adjacent to an activating group) is 1. The zero-order chi connectivity index (χ0) is 24.8. The third kappa shape index (κ3) is 4.16. The van der Waals surface area contributed by atoms with E-state index in [1.54, 1.807) is 14.2 Å². The van der Waals surface area contributed by atoms with Crippen LogP contribution in [0.1, 0.15) is 37.8 Å². The van der Waals surface area contributed by atoms with Gasteiger partial charge in [0.25, 0.3) is 5.56 Å². The zero-order valence-electron chi connectivity index (χ0n) is 20.4. The third-order valence-electron chi connectivity index (χ3n) is 6.52. The second-order valence-electron chi connectivity index (χ2n) is 9.84. The summed E-state index contributed by atoms with van der Waals surface area (Å²) in [6, 6.07) is 12.2. The molecule has 4 rings (SSSR count). The summed E-state index contributed by atoms with van der Waals surface area (Å²) in [5.41, 5.74) is 4.54. The molecule has 0 unspecified atom stereocenters. The summed E-state index contributed by atoms with van der Waals surface area (Å²) < 4.78 is 6.49. The van der Waals surface area contributed by atoms with E-state index in [1.807, 2.05) is 24.4 Å². The van der Waals surface area contributed by atoms with Crippen LogP contribution in [0.3, 0.4) is 0 Å². The van der Waals surface area contributed by atoms with Crippen molar-refractivity contribution in [3.8, 4) is 16.9 Å². The van der Waals surface area contributed by atoms with Gasteiger partial charge in [0, 0.05) is 35.8 Å². The number of rotatable bonds is 5. The van der Waals surface area contributed by atoms with E-state index in [9.17, 15) is 14.7 Å². The van der Waals surface area contributed by atoms with Crippen LogP contribution in [0.5, 0.6) is 5.75 Å². The second-order valence-corrected chi connectivity index (χ2v) is 10.8. The van der Waals surface area contributed by atoms with Crippen molar-refractivity contribution < 1.29 is 14.6 Å². The maximum Gasteiger partial charge on any atom is 0.407 e. The van der Waals surface area contributed by atoms with Crippen molar-refractivity contribution in [2.45, 2.75) is 33.6 Å². The highest BCUT2D eigenvalue weighted by Crippen LogP contribution is 2.43. The van der Waals surface area contributed by atoms with Crippen LogP contribution in [-0.2, 0) is 0 Å². The van der Waals surface area contributed by atoms with Gasteiger partial charge in [0.1, 0.15) is 10.4 Å². The van der Waals surface area contributed by atoms with Crippen molar-refractivity contribution in [1.82, 2.24) is 9.88 Å². The Bertz CT molecular complexity index is 1430. The largest absolute Gasteiger partial charge is 0.496 e. The number of aryl methyl sites for hydroxylation is 1. The molecule has 0 spiro atoms. The van der Waals surface area contributed by atoms with Crippen molar-refractivity contribution in [1.29, 1.82) is 0 Å². The first-order valence-electron chi connectivity index (χ1n) is 11.2. The molecule has 4 aromatic rings. The van der Waals surface area contributed by atoms with Gasteiger partial charge in [0.05, 0.1) is 12.6 Å². The van der Waals surface area contributed by atoms with Gasteiger partial charge in [-0.05, 0) is 46.5 Å². The van der Waals surface area contributed by atoms with E-state index in [4.69, 9.17) is 4.74 Å². The SMILES string of the molecule is COc1cc(C)c2[nH]c(=O)c3sccc3c2c1-c1ccc([C@H](CN(C)C(=O)O)C(C)(C)C)cc1. The molecule has 2 heterocycles. The maximum absolute atomic E-state index is 12.6. The molecule has 1 atom stereocenters. The highest BCUT2D eigenvalue weighted by atomic mass is 32.1. The number of H-pyrrole nitrogens is 1. The molecule has 178 valence electrons. The van der Waals surface area contributed by atoms with Crippen molar-refractivity contribution in [2.75, 3.05) is 20.7 Å². The molecule has 2 aromatic carbocycles. The Kier molecular flexibility index (Phi) is 6.16. The minimum Gasteiger partial charge on any atom is -0.496 e. The fourth-order valence-electron chi connectivity index (χ4n) is 4.63. The summed E-state index contributed by atoms with van der Waals surface area (Å²) in [7, 11) is 3.26. The lowest BCUT2D eigenvalue weighted by molar-refractivity contribution is 0.144. The van der Waals surface area contributed by atoms with Gasteiger partial charge in [0.15, 0.2) is 0 Å². The van der Waals surface area contributed by atoms with Crippen LogP contribution in [-0.4, -0.2) is 41.8 Å². The summed E-state index contributed by atoms with van der Waals surface area (Å²) in [4.78, 5) is 28.5. The van der Waals surface area contributed by atoms with E-state index in [1.165, 1.54) is 16.2 Å². The molecule has 34 heavy (non-hydrogen) atoms. The van der Waals surface area contributed by atoms with Crippen LogP contribution >= 0.6 is 11.3 Å². The number of fused-ring (bicyclic) bond motifs is 3. The Morgan fingerprint density at radius 1 is 1.21 bits per heavy atom. The Hall–Kier alpha value is -3.32. The van der Waals surface area contributed by atoms with Crippen LogP contribution in [0.2, 0.25) is 0 Å². The number of carbonyl (C=O) groups is 1. The average Bonchev–Trinajstić information content (AvgIpc) is 3.28. The Balaban J connectivity index is 1.90. The fraction of sp³-hybridized carbons (Fsp3) is 0.333. The lowest BCUT2D eigenvalue weighted by atomic mass is 9.76. The van der Waals surface area contributed by atoms with E-state index in [0.29, 0.717) is 11.2 Å². The van der Waals surface area contributed by atoms with E-state index in [2.05, 4.69) is 50.0 Å². The molecule has 2 aromatic heterocycles. The number of pyridine rings is 1. The smallest absolute Gasteiger partial charge is 0.407 e. The molecule has 6 nitrogen and oxygen atoms in total. The standard InChI is InChI=1S/C27H30N2O4S/c1-15-13-20(33-6)21(22-18-11-12-34-24(18)25(30)28-23(15)22)17-9-7-16(8-10-17)19(27(2,3)4)14-29(5)26(31)32/h7-13,19H,14H2,1-6H3,(H,28,30)(H,31,32)/t19-/m0/s1. The Morgan fingerprint density at radius 2 is 1.88 bits per heavy atom. The number of hydrogen-bond acceptors (Lipinski definition) is 4. The first-order valence-corrected chi connectivity index (χ1v) is 12.1. The first-order chi connectivity index (χ1) is 16.0. The summed E-state index contributed by atoms with van der Waals surface area (Å²) in [6.45, 7) is 8.76. The predicted molar refractivity (Wildman–Crippen MR) is 140 cm³/mol. The van der Waals surface area contributed by atoms with Crippen LogP contribution in [0, 0.1) is 12.3 Å². The summed E-state index contributed by atoms with van der Waals surface area (Å²) in [5, 5.41) is 13.2. The van der Waals surface area contributed by atoms with Gasteiger partial charge in [-0.3, -0.25) is 4.79 Å². The van der Waals surface area contributed by atoms with Crippen molar-refractivity contribution in [3.63, 3.8) is 0 Å². The molecule has 1 amide bonds. The van der Waals surface area contributed by atoms with Crippen molar-refractivity contribution in [2.24, 2.45) is 5.41 Å². The number of aromatic amines is 1. The number of ether oxygens (including phenoxy) is 1. The number of nitrogens with one attached hydrogen (secondary N) is 1. The molecule has 0 aliphatic heterocycles. The van der Waals surface area contributed by atoms with E-state index in [0.717, 1.165) is 44.3 Å².